The Kier molecular flexibility index (Phi) is 3.22. The third-order valence-electron chi connectivity index (χ3n) is 3.25. The minimum atomic E-state index is -1.26. The molecule has 3 rings (SSSR count). The minimum Gasteiger partial charge on any atom is -0.431 e. The molecule has 1 fully saturated rings. The molecule has 1 aromatic carbocycles. The summed E-state index contributed by atoms with van der Waals surface area (Å²) >= 11 is 5.91. The molecule has 0 N–H and O–H groups in total. The predicted molar refractivity (Wildman–Crippen MR) is 74.4 cm³/mol. The van der Waals surface area contributed by atoms with E-state index in [1.807, 2.05) is 0 Å². The molecule has 2 heterocycles. The smallest absolute Gasteiger partial charge is 0.347 e. The molecule has 1 atom stereocenters. The molecule has 7 heteroatoms. The van der Waals surface area contributed by atoms with Gasteiger partial charge in [-0.25, -0.2) is 14.5 Å². The molecule has 1 aliphatic rings. The van der Waals surface area contributed by atoms with Gasteiger partial charge >= 0.3 is 5.97 Å². The average molecular weight is 308 g/mol. The van der Waals surface area contributed by atoms with Crippen molar-refractivity contribution in [2.24, 2.45) is 0 Å². The van der Waals surface area contributed by atoms with Crippen LogP contribution in [0.2, 0.25) is 5.02 Å². The Bertz CT molecular complexity index is 655. The maximum Gasteiger partial charge on any atom is 0.347 e. The van der Waals surface area contributed by atoms with Crippen LogP contribution in [0.25, 0.3) is 0 Å². The fourth-order valence-corrected chi connectivity index (χ4v) is 2.54. The molecular formula is C14H14ClN3O3. The van der Waals surface area contributed by atoms with Crippen LogP contribution in [0.15, 0.2) is 36.9 Å². The third-order valence-corrected chi connectivity index (χ3v) is 3.50. The summed E-state index contributed by atoms with van der Waals surface area (Å²) in [5, 5.41) is 4.63. The Morgan fingerprint density at radius 1 is 1.29 bits per heavy atom. The molecule has 0 spiro atoms. The minimum absolute atomic E-state index is 0.177. The van der Waals surface area contributed by atoms with E-state index in [-0.39, 0.29) is 6.54 Å². The molecule has 6 nitrogen and oxygen atoms in total. The Balaban J connectivity index is 2.06. The van der Waals surface area contributed by atoms with E-state index in [4.69, 9.17) is 21.1 Å². The van der Waals surface area contributed by atoms with Gasteiger partial charge in [0.05, 0.1) is 6.54 Å². The van der Waals surface area contributed by atoms with Crippen molar-refractivity contribution in [3.8, 4) is 0 Å². The van der Waals surface area contributed by atoms with Crippen molar-refractivity contribution in [1.29, 1.82) is 0 Å². The average Bonchev–Trinajstić information content (AvgIpc) is 2.97. The van der Waals surface area contributed by atoms with Gasteiger partial charge in [0.15, 0.2) is 0 Å². The number of carbonyl (C=O) groups is 1. The zero-order valence-corrected chi connectivity index (χ0v) is 12.4. The Hall–Kier alpha value is -1.92. The highest BCUT2D eigenvalue weighted by Crippen LogP contribution is 2.41. The maximum atomic E-state index is 12.5. The van der Waals surface area contributed by atoms with Crippen molar-refractivity contribution in [3.63, 3.8) is 0 Å². The van der Waals surface area contributed by atoms with Gasteiger partial charge in [0.1, 0.15) is 12.7 Å². The summed E-state index contributed by atoms with van der Waals surface area (Å²) in [4.78, 5) is 16.4. The quantitative estimate of drug-likeness (QED) is 0.813. The molecular weight excluding hydrogens is 294 g/mol. The molecule has 21 heavy (non-hydrogen) atoms. The van der Waals surface area contributed by atoms with Crippen LogP contribution in [-0.4, -0.2) is 26.5 Å². The van der Waals surface area contributed by atoms with Crippen molar-refractivity contribution in [2.45, 2.75) is 31.8 Å². The number of carbonyl (C=O) groups excluding carboxylic acids is 1. The van der Waals surface area contributed by atoms with Gasteiger partial charge in [0, 0.05) is 18.9 Å². The lowest BCUT2D eigenvalue weighted by Gasteiger charge is -2.26. The highest BCUT2D eigenvalue weighted by atomic mass is 35.5. The van der Waals surface area contributed by atoms with Gasteiger partial charge in [-0.05, 0) is 17.7 Å². The normalized spacial score (nSPS) is 24.0. The number of esters is 1. The molecule has 1 aliphatic heterocycles. The molecule has 1 aromatic heterocycles. The summed E-state index contributed by atoms with van der Waals surface area (Å²) in [5.74, 6) is -1.46. The van der Waals surface area contributed by atoms with Crippen molar-refractivity contribution >= 4 is 17.6 Å². The summed E-state index contributed by atoms with van der Waals surface area (Å²) in [6.45, 7) is 3.57. The van der Waals surface area contributed by atoms with Gasteiger partial charge in [0.25, 0.3) is 0 Å². The zero-order chi connectivity index (χ0) is 15.1. The first-order valence-corrected chi connectivity index (χ1v) is 6.81. The van der Waals surface area contributed by atoms with Gasteiger partial charge in [-0.15, -0.1) is 0 Å². The third kappa shape index (κ3) is 2.52. The number of halogens is 1. The number of rotatable bonds is 3. The summed E-state index contributed by atoms with van der Waals surface area (Å²) in [5.41, 5.74) is -0.597. The largest absolute Gasteiger partial charge is 0.431 e. The van der Waals surface area contributed by atoms with Gasteiger partial charge < -0.3 is 9.47 Å². The molecule has 1 saturated heterocycles. The van der Waals surface area contributed by atoms with Crippen LogP contribution in [0.3, 0.4) is 0 Å². The Labute approximate surface area is 126 Å². The lowest BCUT2D eigenvalue weighted by atomic mass is 9.94. The van der Waals surface area contributed by atoms with E-state index in [9.17, 15) is 4.79 Å². The van der Waals surface area contributed by atoms with Crippen molar-refractivity contribution in [2.75, 3.05) is 0 Å². The molecule has 0 saturated carbocycles. The predicted octanol–water partition coefficient (Wildman–Crippen LogP) is 2.14. The second-order valence-corrected chi connectivity index (χ2v) is 5.75. The lowest BCUT2D eigenvalue weighted by Crippen LogP contribution is -2.39. The van der Waals surface area contributed by atoms with Gasteiger partial charge in [-0.1, -0.05) is 23.7 Å². The SMILES string of the molecule is CC1(C)OC(=O)C(Cn2cncn2)(c2ccc(Cl)cc2)O1. The molecule has 1 unspecified atom stereocenters. The van der Waals surface area contributed by atoms with E-state index in [0.717, 1.165) is 0 Å². The van der Waals surface area contributed by atoms with Crippen molar-refractivity contribution < 1.29 is 14.3 Å². The van der Waals surface area contributed by atoms with Crippen LogP contribution in [-0.2, 0) is 26.4 Å². The number of hydrogen-bond acceptors (Lipinski definition) is 5. The van der Waals surface area contributed by atoms with E-state index in [1.54, 1.807) is 38.1 Å². The molecule has 0 amide bonds. The molecule has 0 aliphatic carbocycles. The summed E-state index contributed by atoms with van der Waals surface area (Å²) in [6.07, 6.45) is 2.93. The van der Waals surface area contributed by atoms with E-state index in [0.29, 0.717) is 10.6 Å². The first kappa shape index (κ1) is 14.0. The van der Waals surface area contributed by atoms with Crippen LogP contribution in [0.4, 0.5) is 0 Å². The monoisotopic (exact) mass is 307 g/mol. The van der Waals surface area contributed by atoms with Crippen LogP contribution < -0.4 is 0 Å². The maximum absolute atomic E-state index is 12.5. The first-order valence-electron chi connectivity index (χ1n) is 6.43. The lowest BCUT2D eigenvalue weighted by molar-refractivity contribution is -0.169. The van der Waals surface area contributed by atoms with Crippen LogP contribution in [0, 0.1) is 0 Å². The molecule has 110 valence electrons. The number of benzene rings is 1. The Morgan fingerprint density at radius 2 is 2.00 bits per heavy atom. The number of ether oxygens (including phenoxy) is 2. The zero-order valence-electron chi connectivity index (χ0n) is 11.6. The van der Waals surface area contributed by atoms with Crippen molar-refractivity contribution in [1.82, 2.24) is 14.8 Å². The summed E-state index contributed by atoms with van der Waals surface area (Å²) < 4.78 is 12.8. The standard InChI is InChI=1S/C14H14ClN3O3/c1-13(2)20-12(19)14(21-13,7-18-9-16-8-17-18)10-3-5-11(15)6-4-10/h3-6,8-9H,7H2,1-2H3. The number of cyclic esters (lactones) is 1. The van der Waals surface area contributed by atoms with E-state index >= 15 is 0 Å². The highest BCUT2D eigenvalue weighted by molar-refractivity contribution is 6.30. The fraction of sp³-hybridized carbons (Fsp3) is 0.357. The second kappa shape index (κ2) is 4.82. The second-order valence-electron chi connectivity index (χ2n) is 5.32. The van der Waals surface area contributed by atoms with Crippen LogP contribution >= 0.6 is 11.6 Å². The Morgan fingerprint density at radius 3 is 2.52 bits per heavy atom. The van der Waals surface area contributed by atoms with E-state index in [1.165, 1.54) is 17.3 Å². The van der Waals surface area contributed by atoms with Crippen LogP contribution in [0.1, 0.15) is 19.4 Å². The van der Waals surface area contributed by atoms with Gasteiger partial charge in [-0.3, -0.25) is 0 Å². The van der Waals surface area contributed by atoms with Gasteiger partial charge in [-0.2, -0.15) is 5.10 Å². The fourth-order valence-electron chi connectivity index (χ4n) is 2.41. The van der Waals surface area contributed by atoms with Gasteiger partial charge in [0.2, 0.25) is 11.4 Å². The van der Waals surface area contributed by atoms with Crippen LogP contribution in [0.5, 0.6) is 0 Å². The molecule has 0 radical (unpaired) electrons. The van der Waals surface area contributed by atoms with Crippen molar-refractivity contribution in [3.05, 3.63) is 47.5 Å². The topological polar surface area (TPSA) is 66.2 Å². The van der Waals surface area contributed by atoms with E-state index < -0.39 is 17.4 Å². The summed E-state index contributed by atoms with van der Waals surface area (Å²) in [6, 6.07) is 6.92. The first-order chi connectivity index (χ1) is 9.91. The highest BCUT2D eigenvalue weighted by Gasteiger charge is 2.55. The molecule has 0 bridgehead atoms. The molecule has 2 aromatic rings. The number of nitrogens with zero attached hydrogens (tertiary/aromatic N) is 3. The summed E-state index contributed by atoms with van der Waals surface area (Å²) in [7, 11) is 0. The number of aromatic nitrogens is 3. The van der Waals surface area contributed by atoms with E-state index in [2.05, 4.69) is 10.1 Å². The number of hydrogen-bond donors (Lipinski definition) is 0.